The van der Waals surface area contributed by atoms with Crippen molar-refractivity contribution in [3.05, 3.63) is 65.5 Å². The number of benzene rings is 2. The molecule has 0 unspecified atom stereocenters. The normalized spacial score (nSPS) is 15.9. The maximum Gasteiger partial charge on any atom is 0.254 e. The van der Waals surface area contributed by atoms with Crippen molar-refractivity contribution in [2.45, 2.75) is 31.1 Å². The molecule has 1 aliphatic carbocycles. The standard InChI is InChI=1S/C20H22FNO2/c1-24-16-9-10-17(18(21)13-16)19(23)22-14-20(11-5-6-12-20)15-7-3-2-4-8-15/h2-4,7-10,13H,5-6,11-12,14H2,1H3,(H,22,23). The van der Waals surface area contributed by atoms with E-state index >= 15 is 0 Å². The van der Waals surface area contributed by atoms with E-state index in [4.69, 9.17) is 4.74 Å². The highest BCUT2D eigenvalue weighted by Gasteiger charge is 2.35. The second-order valence-corrected chi connectivity index (χ2v) is 6.38. The Bertz CT molecular complexity index is 709. The molecule has 3 nitrogen and oxygen atoms in total. The van der Waals surface area contributed by atoms with E-state index in [0.717, 1.165) is 25.7 Å². The van der Waals surface area contributed by atoms with Gasteiger partial charge < -0.3 is 10.1 Å². The number of carbonyl (C=O) groups is 1. The Morgan fingerprint density at radius 2 is 1.88 bits per heavy atom. The van der Waals surface area contributed by atoms with Gasteiger partial charge in [-0.25, -0.2) is 4.39 Å². The minimum atomic E-state index is -0.563. The quantitative estimate of drug-likeness (QED) is 0.899. The molecule has 2 aromatic carbocycles. The van der Waals surface area contributed by atoms with Crippen molar-refractivity contribution in [3.63, 3.8) is 0 Å². The molecular weight excluding hydrogens is 305 g/mol. The van der Waals surface area contributed by atoms with Crippen LogP contribution in [0.1, 0.15) is 41.6 Å². The highest BCUT2D eigenvalue weighted by atomic mass is 19.1. The van der Waals surface area contributed by atoms with Gasteiger partial charge in [0, 0.05) is 18.0 Å². The third-order valence-corrected chi connectivity index (χ3v) is 4.96. The van der Waals surface area contributed by atoms with E-state index in [0.29, 0.717) is 12.3 Å². The van der Waals surface area contributed by atoms with Gasteiger partial charge in [-0.05, 0) is 30.5 Å². The van der Waals surface area contributed by atoms with E-state index in [1.165, 1.54) is 24.8 Å². The Hall–Kier alpha value is -2.36. The average Bonchev–Trinajstić information content (AvgIpc) is 3.10. The maximum atomic E-state index is 14.1. The van der Waals surface area contributed by atoms with Gasteiger partial charge in [0.2, 0.25) is 0 Å². The number of rotatable bonds is 5. The zero-order chi connectivity index (χ0) is 17.0. The molecule has 1 amide bonds. The second-order valence-electron chi connectivity index (χ2n) is 6.38. The first kappa shape index (κ1) is 16.5. The van der Waals surface area contributed by atoms with Gasteiger partial charge in [-0.3, -0.25) is 4.79 Å². The molecule has 4 heteroatoms. The Kier molecular flexibility index (Phi) is 4.84. The summed E-state index contributed by atoms with van der Waals surface area (Å²) in [5, 5.41) is 2.94. The largest absolute Gasteiger partial charge is 0.497 e. The van der Waals surface area contributed by atoms with Crippen LogP contribution in [0.3, 0.4) is 0 Å². The fourth-order valence-corrected chi connectivity index (χ4v) is 3.56. The Morgan fingerprint density at radius 3 is 2.50 bits per heavy atom. The summed E-state index contributed by atoms with van der Waals surface area (Å²) in [6, 6.07) is 14.6. The third-order valence-electron chi connectivity index (χ3n) is 4.96. The number of nitrogens with one attached hydrogen (secondary N) is 1. The van der Waals surface area contributed by atoms with Gasteiger partial charge in [-0.1, -0.05) is 43.2 Å². The summed E-state index contributed by atoms with van der Waals surface area (Å²) in [5.74, 6) is -0.537. The molecule has 3 rings (SSSR count). The number of ether oxygens (including phenoxy) is 1. The SMILES string of the molecule is COc1ccc(C(=O)NCC2(c3ccccc3)CCCC2)c(F)c1. The Morgan fingerprint density at radius 1 is 1.17 bits per heavy atom. The molecule has 24 heavy (non-hydrogen) atoms. The smallest absolute Gasteiger partial charge is 0.254 e. The van der Waals surface area contributed by atoms with Crippen molar-refractivity contribution in [2.75, 3.05) is 13.7 Å². The molecule has 0 radical (unpaired) electrons. The predicted octanol–water partition coefficient (Wildman–Crippen LogP) is 4.08. The number of carbonyl (C=O) groups excluding carboxylic acids is 1. The van der Waals surface area contributed by atoms with Crippen LogP contribution in [0.25, 0.3) is 0 Å². The van der Waals surface area contributed by atoms with Crippen LogP contribution in [0.5, 0.6) is 5.75 Å². The zero-order valence-electron chi connectivity index (χ0n) is 13.8. The highest BCUT2D eigenvalue weighted by Crippen LogP contribution is 2.40. The van der Waals surface area contributed by atoms with Crippen LogP contribution >= 0.6 is 0 Å². The lowest BCUT2D eigenvalue weighted by molar-refractivity contribution is 0.0939. The predicted molar refractivity (Wildman–Crippen MR) is 91.9 cm³/mol. The number of halogens is 1. The van der Waals surface area contributed by atoms with Crippen molar-refractivity contribution in [1.82, 2.24) is 5.32 Å². The van der Waals surface area contributed by atoms with Gasteiger partial charge in [-0.2, -0.15) is 0 Å². The third kappa shape index (κ3) is 3.28. The summed E-state index contributed by atoms with van der Waals surface area (Å²) >= 11 is 0. The highest BCUT2D eigenvalue weighted by molar-refractivity contribution is 5.94. The molecule has 126 valence electrons. The summed E-state index contributed by atoms with van der Waals surface area (Å²) in [6.07, 6.45) is 4.40. The van der Waals surface area contributed by atoms with Gasteiger partial charge in [0.1, 0.15) is 11.6 Å². The van der Waals surface area contributed by atoms with Crippen LogP contribution in [-0.4, -0.2) is 19.6 Å². The average molecular weight is 327 g/mol. The fraction of sp³-hybridized carbons (Fsp3) is 0.350. The van der Waals surface area contributed by atoms with E-state index < -0.39 is 5.82 Å². The van der Waals surface area contributed by atoms with Gasteiger partial charge in [0.15, 0.2) is 0 Å². The van der Waals surface area contributed by atoms with Gasteiger partial charge in [-0.15, -0.1) is 0 Å². The van der Waals surface area contributed by atoms with Crippen LogP contribution in [0.4, 0.5) is 4.39 Å². The van der Waals surface area contributed by atoms with Crippen molar-refractivity contribution >= 4 is 5.91 Å². The minimum absolute atomic E-state index is 0.0418. The number of hydrogen-bond acceptors (Lipinski definition) is 2. The number of hydrogen-bond donors (Lipinski definition) is 1. The molecule has 0 aromatic heterocycles. The van der Waals surface area contributed by atoms with E-state index in [2.05, 4.69) is 17.4 Å². The van der Waals surface area contributed by atoms with E-state index in [1.807, 2.05) is 18.2 Å². The van der Waals surface area contributed by atoms with Crippen LogP contribution in [0, 0.1) is 5.82 Å². The Labute approximate surface area is 141 Å². The Balaban J connectivity index is 1.75. The molecule has 2 aromatic rings. The summed E-state index contributed by atoms with van der Waals surface area (Å²) in [6.45, 7) is 0.529. The molecule has 0 aliphatic heterocycles. The van der Waals surface area contributed by atoms with Crippen molar-refractivity contribution in [1.29, 1.82) is 0 Å². The molecule has 1 fully saturated rings. The van der Waals surface area contributed by atoms with Gasteiger partial charge in [0.25, 0.3) is 5.91 Å². The van der Waals surface area contributed by atoms with E-state index in [1.54, 1.807) is 6.07 Å². The zero-order valence-corrected chi connectivity index (χ0v) is 13.8. The van der Waals surface area contributed by atoms with Crippen LogP contribution in [-0.2, 0) is 5.41 Å². The van der Waals surface area contributed by atoms with E-state index in [9.17, 15) is 9.18 Å². The number of methoxy groups -OCH3 is 1. The summed E-state index contributed by atoms with van der Waals surface area (Å²) in [7, 11) is 1.47. The van der Waals surface area contributed by atoms with Crippen LogP contribution < -0.4 is 10.1 Å². The topological polar surface area (TPSA) is 38.3 Å². The first-order valence-electron chi connectivity index (χ1n) is 8.32. The van der Waals surface area contributed by atoms with Gasteiger partial charge >= 0.3 is 0 Å². The molecule has 0 bridgehead atoms. The summed E-state index contributed by atoms with van der Waals surface area (Å²) in [5.41, 5.74) is 1.26. The molecule has 1 saturated carbocycles. The lowest BCUT2D eigenvalue weighted by Crippen LogP contribution is -2.39. The fourth-order valence-electron chi connectivity index (χ4n) is 3.56. The van der Waals surface area contributed by atoms with Gasteiger partial charge in [0.05, 0.1) is 12.7 Å². The minimum Gasteiger partial charge on any atom is -0.497 e. The second kappa shape index (κ2) is 7.04. The lowest BCUT2D eigenvalue weighted by atomic mass is 9.79. The maximum absolute atomic E-state index is 14.1. The van der Waals surface area contributed by atoms with Crippen LogP contribution in [0.15, 0.2) is 48.5 Å². The van der Waals surface area contributed by atoms with E-state index in [-0.39, 0.29) is 16.9 Å². The first-order chi connectivity index (χ1) is 11.6. The van der Waals surface area contributed by atoms with Crippen LogP contribution in [0.2, 0.25) is 0 Å². The monoisotopic (exact) mass is 327 g/mol. The molecule has 0 heterocycles. The summed E-state index contributed by atoms with van der Waals surface area (Å²) < 4.78 is 19.0. The molecule has 0 saturated heterocycles. The molecule has 1 N–H and O–H groups in total. The molecular formula is C20H22FNO2. The molecule has 0 spiro atoms. The first-order valence-corrected chi connectivity index (χ1v) is 8.32. The summed E-state index contributed by atoms with van der Waals surface area (Å²) in [4.78, 5) is 12.4. The number of amides is 1. The lowest BCUT2D eigenvalue weighted by Gasteiger charge is -2.30. The van der Waals surface area contributed by atoms with Crippen molar-refractivity contribution in [3.8, 4) is 5.75 Å². The molecule has 1 aliphatic rings. The van der Waals surface area contributed by atoms with Crippen molar-refractivity contribution < 1.29 is 13.9 Å². The van der Waals surface area contributed by atoms with Crippen molar-refractivity contribution in [2.24, 2.45) is 0 Å². The molecule has 0 atom stereocenters.